The Morgan fingerprint density at radius 3 is 1.88 bits per heavy atom. The lowest BCUT2D eigenvalue weighted by molar-refractivity contribution is -0.870. The molecule has 0 saturated heterocycles. The van der Waals surface area contributed by atoms with Crippen molar-refractivity contribution in [3.63, 3.8) is 0 Å². The van der Waals surface area contributed by atoms with Gasteiger partial charge in [-0.3, -0.25) is 9.36 Å². The molecule has 2 atom stereocenters. The molecule has 0 aromatic rings. The number of unbranched alkanes of at least 4 members (excludes halogenated alkanes) is 10. The molecule has 0 aliphatic rings. The van der Waals surface area contributed by atoms with E-state index in [-0.39, 0.29) is 13.0 Å². The van der Waals surface area contributed by atoms with E-state index in [1.807, 2.05) is 21.1 Å². The molecular weight excluding hydrogens is 437 g/mol. The molecule has 0 amide bonds. The van der Waals surface area contributed by atoms with Crippen molar-refractivity contribution in [2.75, 3.05) is 40.9 Å². The Balaban J connectivity index is 4.39. The fourth-order valence-corrected chi connectivity index (χ4v) is 4.08. The number of aliphatic hydroxyl groups is 3. The number of nitrogens with zero attached hydrogens (tertiary/aromatic N) is 1. The second-order valence-corrected chi connectivity index (χ2v) is 10.9. The Morgan fingerprint density at radius 1 is 0.969 bits per heavy atom. The third-order valence-electron chi connectivity index (χ3n) is 5.22. The molecule has 0 heterocycles. The van der Waals surface area contributed by atoms with Crippen molar-refractivity contribution in [2.24, 2.45) is 0 Å². The van der Waals surface area contributed by atoms with Crippen LogP contribution in [0.25, 0.3) is 0 Å². The molecule has 0 saturated carbocycles. The van der Waals surface area contributed by atoms with Crippen molar-refractivity contribution in [1.29, 1.82) is 0 Å². The summed E-state index contributed by atoms with van der Waals surface area (Å²) in [6, 6.07) is 0. The monoisotopic (exact) mass is 483 g/mol. The van der Waals surface area contributed by atoms with Gasteiger partial charge in [-0.2, -0.15) is 0 Å². The summed E-state index contributed by atoms with van der Waals surface area (Å²) in [4.78, 5) is 24.5. The van der Waals surface area contributed by atoms with E-state index in [9.17, 15) is 29.6 Å². The number of carbonyl (C=O) groups is 1. The predicted molar refractivity (Wildman–Crippen MR) is 122 cm³/mol. The van der Waals surface area contributed by atoms with Crippen molar-refractivity contribution in [3.8, 4) is 0 Å². The highest BCUT2D eigenvalue weighted by molar-refractivity contribution is 7.45. The number of phosphoric acid groups is 1. The van der Waals surface area contributed by atoms with Crippen LogP contribution in [0.3, 0.4) is 0 Å². The van der Waals surface area contributed by atoms with Gasteiger partial charge in [0.05, 0.1) is 21.1 Å². The summed E-state index contributed by atoms with van der Waals surface area (Å²) in [7, 11) is 0.558. The minimum Gasteiger partial charge on any atom is -0.756 e. The van der Waals surface area contributed by atoms with E-state index in [1.165, 1.54) is 38.5 Å². The van der Waals surface area contributed by atoms with Gasteiger partial charge in [0.25, 0.3) is 7.82 Å². The second kappa shape index (κ2) is 16.3. The zero-order valence-corrected chi connectivity index (χ0v) is 21.4. The molecule has 0 radical (unpaired) electrons. The highest BCUT2D eigenvalue weighted by atomic mass is 31.2. The maximum atomic E-state index is 12.4. The summed E-state index contributed by atoms with van der Waals surface area (Å²) < 4.78 is 21.9. The Hall–Kier alpha value is -0.380. The molecule has 0 spiro atoms. The third kappa shape index (κ3) is 16.3. The molecule has 10 heteroatoms. The van der Waals surface area contributed by atoms with Crippen LogP contribution in [0.1, 0.15) is 84.0 Å². The quantitative estimate of drug-likeness (QED) is 0.0980. The average Bonchev–Trinajstić information content (AvgIpc) is 2.68. The fourth-order valence-electron chi connectivity index (χ4n) is 3.16. The van der Waals surface area contributed by atoms with Gasteiger partial charge in [-0.1, -0.05) is 71.1 Å². The Morgan fingerprint density at radius 2 is 1.44 bits per heavy atom. The molecule has 0 aromatic heterocycles. The van der Waals surface area contributed by atoms with Crippen molar-refractivity contribution < 1.29 is 43.1 Å². The SMILES string of the molecule is CCCCCCCCCCCCCC(=O)C(OP(=O)([O-])OCC[N+](C)(C)C)C(O)(O)CO. The molecule has 32 heavy (non-hydrogen) atoms. The van der Waals surface area contributed by atoms with Crippen LogP contribution in [0.5, 0.6) is 0 Å². The lowest BCUT2D eigenvalue weighted by atomic mass is 10.0. The van der Waals surface area contributed by atoms with E-state index in [4.69, 9.17) is 4.52 Å². The van der Waals surface area contributed by atoms with Crippen molar-refractivity contribution >= 4 is 13.6 Å². The minimum absolute atomic E-state index is 0.0799. The summed E-state index contributed by atoms with van der Waals surface area (Å²) >= 11 is 0. The summed E-state index contributed by atoms with van der Waals surface area (Å²) in [5.74, 6) is -3.82. The van der Waals surface area contributed by atoms with Crippen LogP contribution >= 0.6 is 7.82 Å². The molecule has 0 aromatic carbocycles. The molecule has 0 aliphatic heterocycles. The normalized spacial score (nSPS) is 15.5. The number of hydrogen-bond acceptors (Lipinski definition) is 8. The molecule has 0 rings (SSSR count). The van der Waals surface area contributed by atoms with E-state index >= 15 is 0 Å². The van der Waals surface area contributed by atoms with Crippen molar-refractivity contribution in [1.82, 2.24) is 0 Å². The maximum Gasteiger partial charge on any atom is 0.268 e. The van der Waals surface area contributed by atoms with E-state index in [2.05, 4.69) is 11.4 Å². The lowest BCUT2D eigenvalue weighted by Crippen LogP contribution is -2.51. The molecule has 0 fully saturated rings. The van der Waals surface area contributed by atoms with Gasteiger partial charge in [-0.15, -0.1) is 0 Å². The second-order valence-electron chi connectivity index (χ2n) is 9.57. The average molecular weight is 484 g/mol. The Labute approximate surface area is 193 Å². The standard InChI is InChI=1S/C22H46NO8P/c1-5-6-7-8-9-10-11-12-13-14-15-16-20(25)21(22(26,27)19-24)31-32(28,29)30-18-17-23(2,3)4/h21,24,26-27H,5-19H2,1-4H3. The van der Waals surface area contributed by atoms with Crippen LogP contribution in [0.2, 0.25) is 0 Å². The number of ketones is 1. The van der Waals surface area contributed by atoms with Gasteiger partial charge < -0.3 is 33.7 Å². The first-order valence-corrected chi connectivity index (χ1v) is 13.3. The Bertz CT molecular complexity index is 551. The van der Waals surface area contributed by atoms with Gasteiger partial charge >= 0.3 is 0 Å². The first-order chi connectivity index (χ1) is 14.8. The summed E-state index contributed by atoms with van der Waals surface area (Å²) in [5, 5.41) is 29.0. The first kappa shape index (κ1) is 31.6. The molecule has 192 valence electrons. The minimum atomic E-state index is -4.98. The number of rotatable bonds is 21. The number of carbonyl (C=O) groups excluding carboxylic acids is 1. The summed E-state index contributed by atoms with van der Waals surface area (Å²) in [6.45, 7) is 1.12. The van der Waals surface area contributed by atoms with E-state index < -0.39 is 32.1 Å². The van der Waals surface area contributed by atoms with Crippen LogP contribution in [0.15, 0.2) is 0 Å². The van der Waals surface area contributed by atoms with Crippen molar-refractivity contribution in [2.45, 2.75) is 95.9 Å². The molecule has 3 N–H and O–H groups in total. The molecular formula is C22H46NO8P. The smallest absolute Gasteiger partial charge is 0.268 e. The highest BCUT2D eigenvalue weighted by Gasteiger charge is 2.42. The highest BCUT2D eigenvalue weighted by Crippen LogP contribution is 2.42. The van der Waals surface area contributed by atoms with Crippen LogP contribution in [-0.2, 0) is 18.4 Å². The summed E-state index contributed by atoms with van der Waals surface area (Å²) in [6.07, 6.45) is 9.76. The third-order valence-corrected chi connectivity index (χ3v) is 6.19. The van der Waals surface area contributed by atoms with Crippen LogP contribution in [0.4, 0.5) is 0 Å². The van der Waals surface area contributed by atoms with E-state index in [0.717, 1.165) is 25.7 Å². The number of hydrogen-bond donors (Lipinski definition) is 3. The number of aliphatic hydroxyl groups excluding tert-OH is 1. The number of Topliss-reactive ketones (excluding diaryl/α,β-unsaturated/α-hetero) is 1. The van der Waals surface area contributed by atoms with Gasteiger partial charge in [-0.25, -0.2) is 0 Å². The molecule has 9 nitrogen and oxygen atoms in total. The summed E-state index contributed by atoms with van der Waals surface area (Å²) in [5.41, 5.74) is 0. The molecule has 0 bridgehead atoms. The van der Waals surface area contributed by atoms with Gasteiger partial charge in [0.1, 0.15) is 19.8 Å². The van der Waals surface area contributed by atoms with E-state index in [0.29, 0.717) is 17.4 Å². The number of phosphoric ester groups is 1. The zero-order valence-electron chi connectivity index (χ0n) is 20.5. The van der Waals surface area contributed by atoms with Crippen LogP contribution in [0, 0.1) is 0 Å². The molecule has 0 aliphatic carbocycles. The Kier molecular flexibility index (Phi) is 16.1. The van der Waals surface area contributed by atoms with Crippen LogP contribution < -0.4 is 4.89 Å². The fraction of sp³-hybridized carbons (Fsp3) is 0.955. The number of likely N-dealkylation sites (N-methyl/N-ethyl adjacent to an activating group) is 1. The van der Waals surface area contributed by atoms with Gasteiger partial charge in [0.2, 0.25) is 5.79 Å². The maximum absolute atomic E-state index is 12.4. The lowest BCUT2D eigenvalue weighted by Gasteiger charge is -2.34. The zero-order chi connectivity index (χ0) is 24.7. The largest absolute Gasteiger partial charge is 0.756 e. The van der Waals surface area contributed by atoms with Gasteiger partial charge in [-0.05, 0) is 6.42 Å². The van der Waals surface area contributed by atoms with E-state index in [1.54, 1.807) is 0 Å². The number of quaternary nitrogens is 1. The van der Waals surface area contributed by atoms with Gasteiger partial charge in [0.15, 0.2) is 11.9 Å². The molecule has 2 unspecified atom stereocenters. The predicted octanol–water partition coefficient (Wildman–Crippen LogP) is 2.51. The topological polar surface area (TPSA) is 136 Å². The first-order valence-electron chi connectivity index (χ1n) is 11.9. The van der Waals surface area contributed by atoms with Crippen molar-refractivity contribution in [3.05, 3.63) is 0 Å². The van der Waals surface area contributed by atoms with Gasteiger partial charge in [0, 0.05) is 6.42 Å². The van der Waals surface area contributed by atoms with Crippen LogP contribution in [-0.4, -0.2) is 78.4 Å².